The minimum absolute atomic E-state index is 0.0476. The van der Waals surface area contributed by atoms with E-state index >= 15 is 0 Å². The van der Waals surface area contributed by atoms with Crippen molar-refractivity contribution in [1.29, 1.82) is 0 Å². The molecule has 0 fully saturated rings. The molecule has 0 heterocycles. The number of nitrogens with two attached hydrogens (primary N) is 1. The Bertz CT molecular complexity index is 327. The molecule has 2 atom stereocenters. The summed E-state index contributed by atoms with van der Waals surface area (Å²) in [5.74, 6) is 0. The molecular formula is C12H17NO2. The molecule has 0 aliphatic heterocycles. The molecule has 2 rings (SSSR count). The Balaban J connectivity index is 2.08. The number of aliphatic hydroxyl groups excluding tert-OH is 1. The summed E-state index contributed by atoms with van der Waals surface area (Å²) in [4.78, 5) is 0. The van der Waals surface area contributed by atoms with Crippen LogP contribution in [0, 0.1) is 0 Å². The number of ether oxygens (including phenoxy) is 1. The van der Waals surface area contributed by atoms with Crippen molar-refractivity contribution >= 4 is 0 Å². The fourth-order valence-corrected chi connectivity index (χ4v) is 2.10. The summed E-state index contributed by atoms with van der Waals surface area (Å²) in [7, 11) is 0. The number of rotatable bonds is 3. The molecule has 1 aromatic carbocycles. The zero-order valence-corrected chi connectivity index (χ0v) is 8.73. The maximum atomic E-state index is 8.71. The van der Waals surface area contributed by atoms with Crippen LogP contribution in [0.1, 0.15) is 11.1 Å². The van der Waals surface area contributed by atoms with Crippen molar-refractivity contribution in [2.24, 2.45) is 5.73 Å². The third kappa shape index (κ3) is 2.37. The highest BCUT2D eigenvalue weighted by Gasteiger charge is 2.25. The van der Waals surface area contributed by atoms with Crippen LogP contribution in [0.5, 0.6) is 0 Å². The second kappa shape index (κ2) is 4.75. The van der Waals surface area contributed by atoms with E-state index in [0.717, 1.165) is 12.8 Å². The van der Waals surface area contributed by atoms with Crippen molar-refractivity contribution < 1.29 is 9.84 Å². The maximum absolute atomic E-state index is 8.71. The van der Waals surface area contributed by atoms with Gasteiger partial charge in [-0.25, -0.2) is 0 Å². The van der Waals surface area contributed by atoms with Gasteiger partial charge >= 0.3 is 0 Å². The molecule has 0 radical (unpaired) electrons. The first kappa shape index (κ1) is 10.6. The SMILES string of the molecule is N[C@@H]1Cc2ccccc2C[C@H]1OCCO. The summed E-state index contributed by atoms with van der Waals surface area (Å²) in [6, 6.07) is 8.37. The molecule has 0 unspecified atom stereocenters. The van der Waals surface area contributed by atoms with Gasteiger partial charge in [0, 0.05) is 12.5 Å². The van der Waals surface area contributed by atoms with E-state index in [-0.39, 0.29) is 18.8 Å². The van der Waals surface area contributed by atoms with Gasteiger partial charge in [0.15, 0.2) is 0 Å². The van der Waals surface area contributed by atoms with E-state index in [2.05, 4.69) is 12.1 Å². The largest absolute Gasteiger partial charge is 0.394 e. The van der Waals surface area contributed by atoms with Gasteiger partial charge < -0.3 is 15.6 Å². The lowest BCUT2D eigenvalue weighted by atomic mass is 9.86. The van der Waals surface area contributed by atoms with Crippen LogP contribution < -0.4 is 5.73 Å². The van der Waals surface area contributed by atoms with Crippen molar-refractivity contribution in [2.45, 2.75) is 25.0 Å². The molecular weight excluding hydrogens is 190 g/mol. The fourth-order valence-electron chi connectivity index (χ4n) is 2.10. The van der Waals surface area contributed by atoms with E-state index < -0.39 is 0 Å². The van der Waals surface area contributed by atoms with Crippen LogP contribution in [0.3, 0.4) is 0 Å². The van der Waals surface area contributed by atoms with Crippen molar-refractivity contribution in [2.75, 3.05) is 13.2 Å². The Kier molecular flexibility index (Phi) is 3.36. The molecule has 0 aromatic heterocycles. The molecule has 0 saturated carbocycles. The van der Waals surface area contributed by atoms with Crippen LogP contribution in [0.25, 0.3) is 0 Å². The summed E-state index contributed by atoms with van der Waals surface area (Å²) in [5.41, 5.74) is 8.68. The van der Waals surface area contributed by atoms with Gasteiger partial charge in [-0.1, -0.05) is 24.3 Å². The quantitative estimate of drug-likeness (QED) is 0.758. The summed E-state index contributed by atoms with van der Waals surface area (Å²) in [6.45, 7) is 0.436. The van der Waals surface area contributed by atoms with Crippen molar-refractivity contribution in [1.82, 2.24) is 0 Å². The summed E-state index contributed by atoms with van der Waals surface area (Å²) in [5, 5.41) is 8.71. The van der Waals surface area contributed by atoms with Crippen LogP contribution in [-0.4, -0.2) is 30.5 Å². The third-order valence-electron chi connectivity index (χ3n) is 2.90. The van der Waals surface area contributed by atoms with Gasteiger partial charge in [0.05, 0.1) is 19.3 Å². The molecule has 3 nitrogen and oxygen atoms in total. The predicted octanol–water partition coefficient (Wildman–Crippen LogP) is 0.490. The minimum atomic E-state index is 0.0476. The lowest BCUT2D eigenvalue weighted by molar-refractivity contribution is 0.0114. The van der Waals surface area contributed by atoms with Crippen LogP contribution in [0.15, 0.2) is 24.3 Å². The van der Waals surface area contributed by atoms with Gasteiger partial charge in [-0.2, -0.15) is 0 Å². The van der Waals surface area contributed by atoms with Crippen molar-refractivity contribution in [3.63, 3.8) is 0 Å². The number of hydrogen-bond donors (Lipinski definition) is 2. The second-order valence-corrected chi connectivity index (χ2v) is 3.97. The first-order valence-electron chi connectivity index (χ1n) is 5.36. The van der Waals surface area contributed by atoms with Gasteiger partial charge in [0.1, 0.15) is 0 Å². The lowest BCUT2D eigenvalue weighted by Gasteiger charge is -2.30. The van der Waals surface area contributed by atoms with Crippen molar-refractivity contribution in [3.05, 3.63) is 35.4 Å². The van der Waals surface area contributed by atoms with Gasteiger partial charge in [0.25, 0.3) is 0 Å². The van der Waals surface area contributed by atoms with Crippen molar-refractivity contribution in [3.8, 4) is 0 Å². The van der Waals surface area contributed by atoms with Crippen LogP contribution in [0.4, 0.5) is 0 Å². The molecule has 3 N–H and O–H groups in total. The first-order valence-corrected chi connectivity index (χ1v) is 5.36. The highest BCUT2D eigenvalue weighted by Crippen LogP contribution is 2.22. The second-order valence-electron chi connectivity index (χ2n) is 3.97. The van der Waals surface area contributed by atoms with E-state index in [0.29, 0.717) is 6.61 Å². The molecule has 3 heteroatoms. The summed E-state index contributed by atoms with van der Waals surface area (Å²) >= 11 is 0. The zero-order chi connectivity index (χ0) is 10.7. The van der Waals surface area contributed by atoms with Crippen LogP contribution in [-0.2, 0) is 17.6 Å². The maximum Gasteiger partial charge on any atom is 0.0770 e. The normalized spacial score (nSPS) is 24.9. The predicted molar refractivity (Wildman–Crippen MR) is 58.7 cm³/mol. The number of fused-ring (bicyclic) bond motifs is 1. The Morgan fingerprint density at radius 3 is 2.60 bits per heavy atom. The van der Waals surface area contributed by atoms with E-state index in [1.165, 1.54) is 11.1 Å². The van der Waals surface area contributed by atoms with Crippen LogP contribution >= 0.6 is 0 Å². The Hall–Kier alpha value is -0.900. The molecule has 15 heavy (non-hydrogen) atoms. The zero-order valence-electron chi connectivity index (χ0n) is 8.73. The minimum Gasteiger partial charge on any atom is -0.394 e. The lowest BCUT2D eigenvalue weighted by Crippen LogP contribution is -2.43. The van der Waals surface area contributed by atoms with Gasteiger partial charge in [-0.15, -0.1) is 0 Å². The molecule has 1 aromatic rings. The highest BCUT2D eigenvalue weighted by molar-refractivity contribution is 5.31. The highest BCUT2D eigenvalue weighted by atomic mass is 16.5. The molecule has 0 saturated heterocycles. The van der Waals surface area contributed by atoms with E-state index in [1.54, 1.807) is 0 Å². The summed E-state index contributed by atoms with van der Waals surface area (Å²) < 4.78 is 5.53. The first-order chi connectivity index (χ1) is 7.31. The van der Waals surface area contributed by atoms with Gasteiger partial charge in [0.2, 0.25) is 0 Å². The number of hydrogen-bond acceptors (Lipinski definition) is 3. The Labute approximate surface area is 89.9 Å². The topological polar surface area (TPSA) is 55.5 Å². The Morgan fingerprint density at radius 1 is 1.27 bits per heavy atom. The molecule has 0 bridgehead atoms. The van der Waals surface area contributed by atoms with E-state index in [1.807, 2.05) is 12.1 Å². The third-order valence-corrected chi connectivity index (χ3v) is 2.90. The molecule has 1 aliphatic carbocycles. The number of aliphatic hydroxyl groups is 1. The van der Waals surface area contributed by atoms with Gasteiger partial charge in [-0.05, 0) is 17.5 Å². The van der Waals surface area contributed by atoms with E-state index in [9.17, 15) is 0 Å². The monoisotopic (exact) mass is 207 g/mol. The standard InChI is InChI=1S/C12H17NO2/c13-11-7-9-3-1-2-4-10(9)8-12(11)15-6-5-14/h1-4,11-12,14H,5-8,13H2/t11-,12-/m1/s1. The number of benzene rings is 1. The Morgan fingerprint density at radius 2 is 1.93 bits per heavy atom. The molecule has 82 valence electrons. The average molecular weight is 207 g/mol. The molecule has 0 amide bonds. The van der Waals surface area contributed by atoms with Gasteiger partial charge in [-0.3, -0.25) is 0 Å². The average Bonchev–Trinajstić information content (AvgIpc) is 2.26. The summed E-state index contributed by atoms with van der Waals surface area (Å²) in [6.07, 6.45) is 1.77. The fraction of sp³-hybridized carbons (Fsp3) is 0.500. The molecule has 1 aliphatic rings. The smallest absolute Gasteiger partial charge is 0.0770 e. The molecule has 0 spiro atoms. The van der Waals surface area contributed by atoms with Crippen LogP contribution in [0.2, 0.25) is 0 Å². The van der Waals surface area contributed by atoms with E-state index in [4.69, 9.17) is 15.6 Å².